The van der Waals surface area contributed by atoms with Crippen LogP contribution in [0.4, 0.5) is 4.39 Å². The van der Waals surface area contributed by atoms with Gasteiger partial charge in [0, 0.05) is 18.8 Å². The van der Waals surface area contributed by atoms with Crippen LogP contribution in [-0.2, 0) is 6.42 Å². The topological polar surface area (TPSA) is 59.4 Å². The largest absolute Gasteiger partial charge is 0.494 e. The van der Waals surface area contributed by atoms with Crippen LogP contribution in [-0.4, -0.2) is 22.7 Å². The average Bonchev–Trinajstić information content (AvgIpc) is 2.64. The molecule has 0 saturated carbocycles. The molecule has 3 rings (SSSR count). The number of hydrogen-bond acceptors (Lipinski definition) is 3. The molecule has 0 aliphatic carbocycles. The summed E-state index contributed by atoms with van der Waals surface area (Å²) in [5.41, 5.74) is 2.62. The maximum absolute atomic E-state index is 14.6. The molecule has 0 fully saturated rings. The highest BCUT2D eigenvalue weighted by Gasteiger charge is 2.13. The van der Waals surface area contributed by atoms with Crippen molar-refractivity contribution in [2.24, 2.45) is 0 Å². The van der Waals surface area contributed by atoms with Crippen LogP contribution < -0.4 is 4.74 Å². The zero-order chi connectivity index (χ0) is 18.5. The normalized spacial score (nSPS) is 10.5. The minimum Gasteiger partial charge on any atom is -0.494 e. The number of pyridine rings is 1. The van der Waals surface area contributed by atoms with Gasteiger partial charge in [-0.05, 0) is 53.4 Å². The van der Waals surface area contributed by atoms with Gasteiger partial charge in [-0.2, -0.15) is 0 Å². The average molecular weight is 351 g/mol. The fraction of sp³-hybridized carbons (Fsp3) is 0.143. The molecule has 0 radical (unpaired) electrons. The molecule has 132 valence electrons. The molecule has 4 nitrogen and oxygen atoms in total. The van der Waals surface area contributed by atoms with E-state index in [4.69, 9.17) is 4.74 Å². The number of nitrogens with zero attached hydrogens (tertiary/aromatic N) is 1. The summed E-state index contributed by atoms with van der Waals surface area (Å²) >= 11 is 0. The van der Waals surface area contributed by atoms with Crippen LogP contribution in [0.5, 0.6) is 5.75 Å². The summed E-state index contributed by atoms with van der Waals surface area (Å²) in [4.78, 5) is 15.2. The first kappa shape index (κ1) is 17.6. The Labute approximate surface area is 150 Å². The van der Waals surface area contributed by atoms with E-state index in [1.807, 2.05) is 37.3 Å². The summed E-state index contributed by atoms with van der Waals surface area (Å²) in [7, 11) is 0. The predicted molar refractivity (Wildman–Crippen MR) is 97.0 cm³/mol. The van der Waals surface area contributed by atoms with Gasteiger partial charge in [-0.15, -0.1) is 0 Å². The van der Waals surface area contributed by atoms with Gasteiger partial charge in [0.25, 0.3) is 0 Å². The standard InChI is InChI=1S/C21H18FNO3/c1-2-26-18-5-3-4-14(11-18)15-6-7-16(20(22)12-15)10-17-13-23-9-8-19(17)21(24)25/h3-9,11-13H,2,10H2,1H3,(H,24,25). The lowest BCUT2D eigenvalue weighted by Gasteiger charge is -2.10. The van der Waals surface area contributed by atoms with Crippen LogP contribution in [0.25, 0.3) is 11.1 Å². The molecule has 3 aromatic rings. The smallest absolute Gasteiger partial charge is 0.336 e. The molecule has 0 saturated heterocycles. The number of ether oxygens (including phenoxy) is 1. The van der Waals surface area contributed by atoms with Crippen molar-refractivity contribution in [3.8, 4) is 16.9 Å². The Morgan fingerprint density at radius 1 is 1.12 bits per heavy atom. The molecule has 0 spiro atoms. The summed E-state index contributed by atoms with van der Waals surface area (Å²) in [6.07, 6.45) is 3.04. The molecule has 1 N–H and O–H groups in total. The molecule has 0 aliphatic heterocycles. The van der Waals surface area contributed by atoms with E-state index < -0.39 is 5.97 Å². The molecule has 26 heavy (non-hydrogen) atoms. The summed E-state index contributed by atoms with van der Waals surface area (Å²) in [6.45, 7) is 2.47. The van der Waals surface area contributed by atoms with Crippen molar-refractivity contribution in [3.05, 3.63) is 83.4 Å². The first-order chi connectivity index (χ1) is 12.6. The van der Waals surface area contributed by atoms with Gasteiger partial charge in [-0.3, -0.25) is 4.98 Å². The van der Waals surface area contributed by atoms with Crippen LogP contribution >= 0.6 is 0 Å². The van der Waals surface area contributed by atoms with Gasteiger partial charge < -0.3 is 9.84 Å². The summed E-state index contributed by atoms with van der Waals surface area (Å²) in [5, 5.41) is 9.24. The van der Waals surface area contributed by atoms with Crippen molar-refractivity contribution < 1.29 is 19.0 Å². The third-order valence-corrected chi connectivity index (χ3v) is 4.05. The number of aromatic carboxylic acids is 1. The maximum atomic E-state index is 14.6. The van der Waals surface area contributed by atoms with E-state index in [0.29, 0.717) is 17.7 Å². The minimum atomic E-state index is -1.05. The highest BCUT2D eigenvalue weighted by Crippen LogP contribution is 2.26. The molecule has 0 unspecified atom stereocenters. The lowest BCUT2D eigenvalue weighted by Crippen LogP contribution is -2.04. The van der Waals surface area contributed by atoms with Gasteiger partial charge in [-0.25, -0.2) is 9.18 Å². The van der Waals surface area contributed by atoms with Crippen LogP contribution in [0.2, 0.25) is 0 Å². The molecule has 0 atom stereocenters. The van der Waals surface area contributed by atoms with Gasteiger partial charge in [-0.1, -0.05) is 24.3 Å². The summed E-state index contributed by atoms with van der Waals surface area (Å²) < 4.78 is 20.1. The molecule has 0 amide bonds. The highest BCUT2D eigenvalue weighted by atomic mass is 19.1. The van der Waals surface area contributed by atoms with E-state index in [-0.39, 0.29) is 17.8 Å². The van der Waals surface area contributed by atoms with Crippen molar-refractivity contribution in [2.45, 2.75) is 13.3 Å². The fourth-order valence-electron chi connectivity index (χ4n) is 2.78. The second kappa shape index (κ2) is 7.78. The third-order valence-electron chi connectivity index (χ3n) is 4.05. The number of halogens is 1. The molecule has 1 aromatic heterocycles. The van der Waals surface area contributed by atoms with E-state index in [0.717, 1.165) is 16.9 Å². The SMILES string of the molecule is CCOc1cccc(-c2ccc(Cc3cnccc3C(=O)O)c(F)c2)c1. The van der Waals surface area contributed by atoms with Crippen molar-refractivity contribution >= 4 is 5.97 Å². The Kier molecular flexibility index (Phi) is 5.27. The van der Waals surface area contributed by atoms with Crippen molar-refractivity contribution in [1.29, 1.82) is 0 Å². The van der Waals surface area contributed by atoms with Crippen molar-refractivity contribution in [1.82, 2.24) is 4.98 Å². The highest BCUT2D eigenvalue weighted by molar-refractivity contribution is 5.89. The van der Waals surface area contributed by atoms with Crippen molar-refractivity contribution in [3.63, 3.8) is 0 Å². The first-order valence-electron chi connectivity index (χ1n) is 8.26. The summed E-state index contributed by atoms with van der Waals surface area (Å²) in [5.74, 6) is -0.701. The number of rotatable bonds is 6. The Morgan fingerprint density at radius 2 is 1.92 bits per heavy atom. The predicted octanol–water partition coefficient (Wildman–Crippen LogP) is 4.58. The maximum Gasteiger partial charge on any atom is 0.336 e. The quantitative estimate of drug-likeness (QED) is 0.706. The number of benzene rings is 2. The molecule has 0 bridgehead atoms. The van der Waals surface area contributed by atoms with Gasteiger partial charge in [0.05, 0.1) is 12.2 Å². The second-order valence-corrected chi connectivity index (χ2v) is 5.78. The Bertz CT molecular complexity index is 940. The van der Waals surface area contributed by atoms with Gasteiger partial charge in [0.2, 0.25) is 0 Å². The van der Waals surface area contributed by atoms with E-state index >= 15 is 0 Å². The Balaban J connectivity index is 1.89. The number of carboxylic acid groups (broad SMARTS) is 1. The van der Waals surface area contributed by atoms with E-state index in [1.165, 1.54) is 24.5 Å². The first-order valence-corrected chi connectivity index (χ1v) is 8.26. The van der Waals surface area contributed by atoms with Crippen LogP contribution in [0.1, 0.15) is 28.4 Å². The van der Waals surface area contributed by atoms with Gasteiger partial charge in [0.15, 0.2) is 0 Å². The molecular formula is C21H18FNO3. The zero-order valence-electron chi connectivity index (χ0n) is 14.3. The fourth-order valence-corrected chi connectivity index (χ4v) is 2.78. The van der Waals surface area contributed by atoms with Crippen LogP contribution in [0, 0.1) is 5.82 Å². The van der Waals surface area contributed by atoms with Crippen molar-refractivity contribution in [2.75, 3.05) is 6.61 Å². The zero-order valence-corrected chi connectivity index (χ0v) is 14.3. The number of aromatic nitrogens is 1. The van der Waals surface area contributed by atoms with Crippen LogP contribution in [0.15, 0.2) is 60.9 Å². The number of carbonyl (C=O) groups is 1. The summed E-state index contributed by atoms with van der Waals surface area (Å²) in [6, 6.07) is 13.8. The molecule has 1 heterocycles. The second-order valence-electron chi connectivity index (χ2n) is 5.78. The number of carboxylic acids is 1. The Morgan fingerprint density at radius 3 is 2.65 bits per heavy atom. The van der Waals surface area contributed by atoms with E-state index in [9.17, 15) is 14.3 Å². The van der Waals surface area contributed by atoms with Gasteiger partial charge >= 0.3 is 5.97 Å². The molecule has 2 aromatic carbocycles. The van der Waals surface area contributed by atoms with Crippen LogP contribution in [0.3, 0.4) is 0 Å². The van der Waals surface area contributed by atoms with E-state index in [1.54, 1.807) is 6.07 Å². The Hall–Kier alpha value is -3.21. The molecule has 0 aliphatic rings. The minimum absolute atomic E-state index is 0.132. The van der Waals surface area contributed by atoms with E-state index in [2.05, 4.69) is 4.98 Å². The third kappa shape index (κ3) is 3.88. The lowest BCUT2D eigenvalue weighted by molar-refractivity contribution is 0.0695. The monoisotopic (exact) mass is 351 g/mol. The molecular weight excluding hydrogens is 333 g/mol. The molecule has 5 heteroatoms. The lowest BCUT2D eigenvalue weighted by atomic mass is 9.98. The number of hydrogen-bond donors (Lipinski definition) is 1. The van der Waals surface area contributed by atoms with Gasteiger partial charge in [0.1, 0.15) is 11.6 Å².